The first-order chi connectivity index (χ1) is 16.8. The molecule has 182 valence electrons. The molecule has 3 N–H and O–H groups in total. The van der Waals surface area contributed by atoms with Gasteiger partial charge in [-0.2, -0.15) is 0 Å². The number of nitrogens with one attached hydrogen (secondary N) is 2. The lowest BCUT2D eigenvalue weighted by Gasteiger charge is -2.38. The minimum absolute atomic E-state index is 0.226. The number of rotatable bonds is 5. The lowest BCUT2D eigenvalue weighted by Crippen LogP contribution is -2.57. The quantitative estimate of drug-likeness (QED) is 0.592. The zero-order valence-corrected chi connectivity index (χ0v) is 20.6. The second kappa shape index (κ2) is 9.09. The Bertz CT molecular complexity index is 1220. The van der Waals surface area contributed by atoms with Gasteiger partial charge in [-0.05, 0) is 63.5 Å². The van der Waals surface area contributed by atoms with Gasteiger partial charge in [-0.1, -0.05) is 17.7 Å². The molecular weight excluding hydrogens is 464 g/mol. The molecule has 8 nitrogen and oxygen atoms in total. The topological polar surface area (TPSA) is 103 Å². The monoisotopic (exact) mass is 492 g/mol. The van der Waals surface area contributed by atoms with Crippen LogP contribution in [0.4, 0.5) is 5.82 Å². The van der Waals surface area contributed by atoms with Crippen molar-refractivity contribution in [3.63, 3.8) is 0 Å². The van der Waals surface area contributed by atoms with Gasteiger partial charge in [0, 0.05) is 47.3 Å². The van der Waals surface area contributed by atoms with Crippen molar-refractivity contribution in [1.29, 1.82) is 0 Å². The Morgan fingerprint density at radius 1 is 1.23 bits per heavy atom. The van der Waals surface area contributed by atoms with Crippen LogP contribution in [0.5, 0.6) is 0 Å². The molecule has 2 aromatic heterocycles. The van der Waals surface area contributed by atoms with Gasteiger partial charge in [0.25, 0.3) is 5.91 Å². The van der Waals surface area contributed by atoms with Gasteiger partial charge in [0.05, 0.1) is 12.2 Å². The molecule has 4 heterocycles. The Labute approximate surface area is 209 Å². The van der Waals surface area contributed by atoms with Crippen LogP contribution in [0.3, 0.4) is 0 Å². The van der Waals surface area contributed by atoms with Gasteiger partial charge in [0.15, 0.2) is 5.60 Å². The van der Waals surface area contributed by atoms with E-state index in [1.165, 1.54) is 0 Å². The SMILES string of the molecule is CCNC(=O)C1(O)CCCN(c2ccc(-c3ccc(C4=NC5(C)CC=C(Cl)C=C5N4)cn3)cn2)C1. The summed E-state index contributed by atoms with van der Waals surface area (Å²) in [6, 6.07) is 7.82. The number of amidine groups is 1. The molecule has 0 spiro atoms. The van der Waals surface area contributed by atoms with Crippen LogP contribution in [-0.2, 0) is 4.79 Å². The summed E-state index contributed by atoms with van der Waals surface area (Å²) in [7, 11) is 0. The molecule has 1 saturated heterocycles. The lowest BCUT2D eigenvalue weighted by atomic mass is 9.91. The van der Waals surface area contributed by atoms with Crippen LogP contribution in [-0.4, -0.2) is 57.6 Å². The lowest BCUT2D eigenvalue weighted by molar-refractivity contribution is -0.140. The highest BCUT2D eigenvalue weighted by Crippen LogP contribution is 2.35. The van der Waals surface area contributed by atoms with Crippen LogP contribution in [0.1, 0.15) is 38.7 Å². The van der Waals surface area contributed by atoms with Crippen LogP contribution in [0, 0.1) is 0 Å². The van der Waals surface area contributed by atoms with Gasteiger partial charge in [-0.15, -0.1) is 0 Å². The molecule has 5 rings (SSSR count). The van der Waals surface area contributed by atoms with Gasteiger partial charge < -0.3 is 20.6 Å². The smallest absolute Gasteiger partial charge is 0.253 e. The first-order valence-corrected chi connectivity index (χ1v) is 12.3. The van der Waals surface area contributed by atoms with E-state index in [0.29, 0.717) is 13.0 Å². The second-order valence-corrected chi connectivity index (χ2v) is 9.90. The first-order valence-electron chi connectivity index (χ1n) is 11.9. The number of aliphatic hydroxyl groups is 1. The van der Waals surface area contributed by atoms with Crippen LogP contribution < -0.4 is 15.5 Å². The fourth-order valence-electron chi connectivity index (χ4n) is 4.75. The van der Waals surface area contributed by atoms with Crippen LogP contribution >= 0.6 is 11.6 Å². The molecule has 0 aromatic carbocycles. The van der Waals surface area contributed by atoms with Crippen molar-refractivity contribution >= 4 is 29.2 Å². The average Bonchev–Trinajstić information content (AvgIpc) is 3.21. The van der Waals surface area contributed by atoms with Crippen molar-refractivity contribution in [2.75, 3.05) is 24.5 Å². The van der Waals surface area contributed by atoms with E-state index in [2.05, 4.69) is 27.5 Å². The summed E-state index contributed by atoms with van der Waals surface area (Å²) < 4.78 is 0. The van der Waals surface area contributed by atoms with Gasteiger partial charge in [0.1, 0.15) is 17.2 Å². The van der Waals surface area contributed by atoms with Crippen LogP contribution in [0.15, 0.2) is 64.5 Å². The fourth-order valence-corrected chi connectivity index (χ4v) is 4.93. The number of amides is 1. The first kappa shape index (κ1) is 23.5. The Morgan fingerprint density at radius 2 is 2.03 bits per heavy atom. The number of hydrogen-bond acceptors (Lipinski definition) is 7. The highest BCUT2D eigenvalue weighted by molar-refractivity contribution is 6.31. The van der Waals surface area contributed by atoms with E-state index >= 15 is 0 Å². The number of aromatic nitrogens is 2. The largest absolute Gasteiger partial charge is 0.378 e. The molecule has 35 heavy (non-hydrogen) atoms. The Hall–Kier alpha value is -3.23. The van der Waals surface area contributed by atoms with Crippen molar-refractivity contribution in [2.24, 2.45) is 4.99 Å². The van der Waals surface area contributed by atoms with E-state index in [-0.39, 0.29) is 18.0 Å². The van der Waals surface area contributed by atoms with E-state index in [1.54, 1.807) is 6.20 Å². The van der Waals surface area contributed by atoms with Gasteiger partial charge in [-0.25, -0.2) is 4.98 Å². The summed E-state index contributed by atoms with van der Waals surface area (Å²) in [5.41, 5.74) is 1.89. The maximum Gasteiger partial charge on any atom is 0.253 e. The van der Waals surface area contributed by atoms with E-state index in [1.807, 2.05) is 54.4 Å². The zero-order valence-electron chi connectivity index (χ0n) is 19.9. The summed E-state index contributed by atoms with van der Waals surface area (Å²) in [5, 5.41) is 17.7. The number of β-amino-alcohol motifs (C(OH)–C–C–N with tert-alkyl or cyclic N) is 1. The molecule has 0 radical (unpaired) electrons. The molecule has 2 aliphatic heterocycles. The third-order valence-corrected chi connectivity index (χ3v) is 7.07. The van der Waals surface area contributed by atoms with E-state index < -0.39 is 5.60 Å². The number of fused-ring (bicyclic) bond motifs is 1. The third kappa shape index (κ3) is 4.56. The predicted molar refractivity (Wildman–Crippen MR) is 137 cm³/mol. The number of pyridine rings is 2. The number of carbonyl (C=O) groups excluding carboxylic acids is 1. The van der Waals surface area contributed by atoms with Crippen molar-refractivity contribution in [3.05, 3.63) is 65.1 Å². The van der Waals surface area contributed by atoms with E-state index in [9.17, 15) is 9.90 Å². The van der Waals surface area contributed by atoms with Gasteiger partial charge in [0.2, 0.25) is 0 Å². The normalized spacial score (nSPS) is 25.7. The number of aliphatic imine (C=N–C) groups is 1. The summed E-state index contributed by atoms with van der Waals surface area (Å²) in [5.74, 6) is 1.19. The molecule has 2 unspecified atom stereocenters. The number of likely N-dealkylation sites (N-methyl/N-ethyl adjacent to an activating group) is 1. The molecule has 2 atom stereocenters. The van der Waals surface area contributed by atoms with E-state index in [4.69, 9.17) is 16.6 Å². The van der Waals surface area contributed by atoms with Gasteiger partial charge >= 0.3 is 0 Å². The summed E-state index contributed by atoms with van der Waals surface area (Å²) in [6.07, 6.45) is 9.42. The number of nitrogens with zero attached hydrogens (tertiary/aromatic N) is 4. The molecule has 0 saturated carbocycles. The molecule has 1 amide bonds. The van der Waals surface area contributed by atoms with Crippen molar-refractivity contribution < 1.29 is 9.90 Å². The zero-order chi connectivity index (χ0) is 24.6. The number of anilines is 1. The molecule has 0 bridgehead atoms. The predicted octanol–water partition coefficient (Wildman–Crippen LogP) is 3.13. The average molecular weight is 493 g/mol. The standard InChI is InChI=1S/C26H29ClN6O2/c1-3-28-24(34)26(35)10-4-12-33(16-26)22-8-6-17(14-30-22)20-7-5-18(15-29-20)23-31-21-13-19(27)9-11-25(21,2)32-23/h5-9,13-15,35H,3-4,10-12,16H2,1-2H3,(H,28,34)(H,31,32). The molecule has 3 aliphatic rings. The maximum absolute atomic E-state index is 12.3. The molecule has 2 aromatic rings. The van der Waals surface area contributed by atoms with E-state index in [0.717, 1.165) is 58.6 Å². The summed E-state index contributed by atoms with van der Waals surface area (Å²) in [4.78, 5) is 28.4. The summed E-state index contributed by atoms with van der Waals surface area (Å²) >= 11 is 6.17. The Morgan fingerprint density at radius 3 is 2.74 bits per heavy atom. The minimum Gasteiger partial charge on any atom is -0.378 e. The number of piperidine rings is 1. The minimum atomic E-state index is -1.39. The Kier molecular flexibility index (Phi) is 6.11. The van der Waals surface area contributed by atoms with Crippen molar-refractivity contribution in [3.8, 4) is 11.3 Å². The third-order valence-electron chi connectivity index (χ3n) is 6.80. The number of carbonyl (C=O) groups is 1. The summed E-state index contributed by atoms with van der Waals surface area (Å²) in [6.45, 7) is 5.40. The number of halogens is 1. The number of allylic oxidation sites excluding steroid dienone is 2. The van der Waals surface area contributed by atoms with Crippen molar-refractivity contribution in [2.45, 2.75) is 44.2 Å². The fraction of sp³-hybridized carbons (Fsp3) is 0.385. The van der Waals surface area contributed by atoms with Crippen LogP contribution in [0.2, 0.25) is 0 Å². The molecule has 1 aliphatic carbocycles. The molecular formula is C26H29ClN6O2. The van der Waals surface area contributed by atoms with Gasteiger partial charge in [-0.3, -0.25) is 14.8 Å². The highest BCUT2D eigenvalue weighted by Gasteiger charge is 2.40. The number of hydrogen-bond donors (Lipinski definition) is 3. The Balaban J connectivity index is 1.29. The molecule has 9 heteroatoms. The highest BCUT2D eigenvalue weighted by atomic mass is 35.5. The molecule has 1 fully saturated rings. The second-order valence-electron chi connectivity index (χ2n) is 9.46. The van der Waals surface area contributed by atoms with Crippen molar-refractivity contribution in [1.82, 2.24) is 20.6 Å². The van der Waals surface area contributed by atoms with Crippen LogP contribution in [0.25, 0.3) is 11.3 Å². The maximum atomic E-state index is 12.3.